The van der Waals surface area contributed by atoms with Gasteiger partial charge < -0.3 is 10.6 Å². The molecule has 0 fully saturated rings. The molecule has 2 aromatic carbocycles. The van der Waals surface area contributed by atoms with Crippen molar-refractivity contribution in [3.8, 4) is 0 Å². The number of halogens is 1. The summed E-state index contributed by atoms with van der Waals surface area (Å²) in [6.45, 7) is 4.27. The highest BCUT2D eigenvalue weighted by atomic mass is 35.5. The molecule has 0 spiro atoms. The van der Waals surface area contributed by atoms with Gasteiger partial charge in [0.2, 0.25) is 5.91 Å². The summed E-state index contributed by atoms with van der Waals surface area (Å²) in [6.07, 6.45) is 3.20. The zero-order valence-electron chi connectivity index (χ0n) is 14.5. The van der Waals surface area contributed by atoms with Crippen LogP contribution in [0.25, 0.3) is 6.08 Å². The van der Waals surface area contributed by atoms with Crippen LogP contribution in [0.2, 0.25) is 5.02 Å². The van der Waals surface area contributed by atoms with Gasteiger partial charge >= 0.3 is 0 Å². The topological polar surface area (TPSA) is 58.2 Å². The normalized spacial score (nSPS) is 10.9. The van der Waals surface area contributed by atoms with Crippen molar-refractivity contribution in [3.63, 3.8) is 0 Å². The van der Waals surface area contributed by atoms with Crippen molar-refractivity contribution >= 4 is 35.2 Å². The molecule has 130 valence electrons. The summed E-state index contributed by atoms with van der Waals surface area (Å²) < 4.78 is 0. The first kappa shape index (κ1) is 18.7. The molecule has 0 heterocycles. The van der Waals surface area contributed by atoms with E-state index in [1.165, 1.54) is 18.7 Å². The second-order valence-corrected chi connectivity index (χ2v) is 6.32. The molecule has 2 rings (SSSR count). The second-order valence-electron chi connectivity index (χ2n) is 5.92. The first-order chi connectivity index (χ1) is 11.9. The van der Waals surface area contributed by atoms with E-state index in [1.54, 1.807) is 24.3 Å². The lowest BCUT2D eigenvalue weighted by Crippen LogP contribution is -2.18. The van der Waals surface area contributed by atoms with Crippen LogP contribution in [0.4, 0.5) is 5.69 Å². The summed E-state index contributed by atoms with van der Waals surface area (Å²) in [4.78, 5) is 23.8. The van der Waals surface area contributed by atoms with Gasteiger partial charge in [-0.2, -0.15) is 0 Å². The Kier molecular flexibility index (Phi) is 6.37. The Bertz CT molecular complexity index is 796. The Labute approximate surface area is 152 Å². The predicted molar refractivity (Wildman–Crippen MR) is 103 cm³/mol. The average molecular weight is 357 g/mol. The molecule has 25 heavy (non-hydrogen) atoms. The molecule has 2 aromatic rings. The molecular formula is C20H21ClN2O2. The van der Waals surface area contributed by atoms with Crippen LogP contribution in [0.15, 0.2) is 48.5 Å². The lowest BCUT2D eigenvalue weighted by atomic mass is 10.0. The SMILES string of the molecule is CNC(=O)c1cc(NC(=O)/C=C/c2ccc(C(C)C)cc2)ccc1Cl. The van der Waals surface area contributed by atoms with E-state index >= 15 is 0 Å². The van der Waals surface area contributed by atoms with Crippen molar-refractivity contribution in [2.24, 2.45) is 0 Å². The Morgan fingerprint density at radius 2 is 1.76 bits per heavy atom. The van der Waals surface area contributed by atoms with E-state index in [4.69, 9.17) is 11.6 Å². The second kappa shape index (κ2) is 8.49. The minimum atomic E-state index is -0.304. The number of nitrogens with one attached hydrogen (secondary N) is 2. The van der Waals surface area contributed by atoms with Gasteiger partial charge in [0.25, 0.3) is 5.91 Å². The number of hydrogen-bond acceptors (Lipinski definition) is 2. The van der Waals surface area contributed by atoms with Crippen LogP contribution in [-0.4, -0.2) is 18.9 Å². The molecule has 0 atom stereocenters. The van der Waals surface area contributed by atoms with E-state index in [0.717, 1.165) is 5.56 Å². The lowest BCUT2D eigenvalue weighted by Gasteiger charge is -2.07. The van der Waals surface area contributed by atoms with Gasteiger partial charge in [0.1, 0.15) is 0 Å². The Morgan fingerprint density at radius 3 is 2.36 bits per heavy atom. The largest absolute Gasteiger partial charge is 0.355 e. The standard InChI is InChI=1S/C20H21ClN2O2/c1-13(2)15-7-4-14(5-8-15)6-11-19(24)23-16-9-10-18(21)17(12-16)20(25)22-3/h4-13H,1-3H3,(H,22,25)(H,23,24)/b11-6+. The van der Waals surface area contributed by atoms with Crippen molar-refractivity contribution < 1.29 is 9.59 Å². The maximum Gasteiger partial charge on any atom is 0.252 e. The Morgan fingerprint density at radius 1 is 1.08 bits per heavy atom. The molecule has 0 aliphatic rings. The molecule has 0 saturated heterocycles. The van der Waals surface area contributed by atoms with Crippen LogP contribution in [0.5, 0.6) is 0 Å². The molecule has 0 bridgehead atoms. The van der Waals surface area contributed by atoms with Crippen molar-refractivity contribution in [2.75, 3.05) is 12.4 Å². The summed E-state index contributed by atoms with van der Waals surface area (Å²) >= 11 is 5.99. The Balaban J connectivity index is 2.06. The highest BCUT2D eigenvalue weighted by Gasteiger charge is 2.10. The van der Waals surface area contributed by atoms with Gasteiger partial charge in [-0.25, -0.2) is 0 Å². The minimum absolute atomic E-state index is 0.280. The molecule has 5 heteroatoms. The van der Waals surface area contributed by atoms with E-state index in [2.05, 4.69) is 36.6 Å². The van der Waals surface area contributed by atoms with Crippen molar-refractivity contribution in [1.29, 1.82) is 0 Å². The fourth-order valence-corrected chi connectivity index (χ4v) is 2.46. The number of anilines is 1. The highest BCUT2D eigenvalue weighted by Crippen LogP contribution is 2.21. The summed E-state index contributed by atoms with van der Waals surface area (Å²) in [5, 5.41) is 5.57. The van der Waals surface area contributed by atoms with Crippen LogP contribution < -0.4 is 10.6 Å². The first-order valence-electron chi connectivity index (χ1n) is 8.01. The van der Waals surface area contributed by atoms with Crippen LogP contribution in [0, 0.1) is 0 Å². The quantitative estimate of drug-likeness (QED) is 0.776. The van der Waals surface area contributed by atoms with Crippen molar-refractivity contribution in [3.05, 3.63) is 70.3 Å². The summed E-state index contributed by atoms with van der Waals surface area (Å²) in [5.74, 6) is -0.110. The third-order valence-corrected chi connectivity index (χ3v) is 4.07. The molecule has 0 saturated carbocycles. The average Bonchev–Trinajstić information content (AvgIpc) is 2.61. The van der Waals surface area contributed by atoms with E-state index in [1.807, 2.05) is 12.1 Å². The third kappa shape index (κ3) is 5.19. The number of amides is 2. The first-order valence-corrected chi connectivity index (χ1v) is 8.39. The number of benzene rings is 2. The van der Waals surface area contributed by atoms with E-state index in [9.17, 15) is 9.59 Å². The molecule has 0 unspecified atom stereocenters. The predicted octanol–water partition coefficient (Wildman–Crippen LogP) is 4.47. The van der Waals surface area contributed by atoms with E-state index < -0.39 is 0 Å². The number of carbonyl (C=O) groups is 2. The molecular weight excluding hydrogens is 336 g/mol. The van der Waals surface area contributed by atoms with Crippen LogP contribution >= 0.6 is 11.6 Å². The number of carbonyl (C=O) groups excluding carboxylic acids is 2. The number of rotatable bonds is 5. The fourth-order valence-electron chi connectivity index (χ4n) is 2.26. The van der Waals surface area contributed by atoms with Crippen LogP contribution in [-0.2, 0) is 4.79 Å². The van der Waals surface area contributed by atoms with Gasteiger partial charge in [0, 0.05) is 18.8 Å². The lowest BCUT2D eigenvalue weighted by molar-refractivity contribution is -0.111. The van der Waals surface area contributed by atoms with Gasteiger partial charge in [-0.05, 0) is 41.3 Å². The van der Waals surface area contributed by atoms with Gasteiger partial charge in [-0.15, -0.1) is 0 Å². The number of hydrogen-bond donors (Lipinski definition) is 2. The molecule has 2 N–H and O–H groups in total. The zero-order valence-corrected chi connectivity index (χ0v) is 15.2. The monoisotopic (exact) mass is 356 g/mol. The fraction of sp³-hybridized carbons (Fsp3) is 0.200. The van der Waals surface area contributed by atoms with Gasteiger partial charge in [-0.3, -0.25) is 9.59 Å². The maximum atomic E-state index is 12.1. The van der Waals surface area contributed by atoms with E-state index in [-0.39, 0.29) is 11.8 Å². The zero-order chi connectivity index (χ0) is 18.4. The van der Waals surface area contributed by atoms with Crippen molar-refractivity contribution in [1.82, 2.24) is 5.32 Å². The van der Waals surface area contributed by atoms with Gasteiger partial charge in [0.15, 0.2) is 0 Å². The van der Waals surface area contributed by atoms with Crippen LogP contribution in [0.1, 0.15) is 41.3 Å². The molecule has 4 nitrogen and oxygen atoms in total. The van der Waals surface area contributed by atoms with Crippen LogP contribution in [0.3, 0.4) is 0 Å². The maximum absolute atomic E-state index is 12.1. The third-order valence-electron chi connectivity index (χ3n) is 3.74. The molecule has 0 aromatic heterocycles. The van der Waals surface area contributed by atoms with Crippen molar-refractivity contribution in [2.45, 2.75) is 19.8 Å². The molecule has 0 aliphatic carbocycles. The smallest absolute Gasteiger partial charge is 0.252 e. The summed E-state index contributed by atoms with van der Waals surface area (Å²) in [5.41, 5.74) is 3.02. The Hall–Kier alpha value is -2.59. The molecule has 0 aliphatic heterocycles. The van der Waals surface area contributed by atoms with E-state index in [0.29, 0.717) is 22.2 Å². The summed E-state index contributed by atoms with van der Waals surface area (Å²) in [7, 11) is 1.53. The van der Waals surface area contributed by atoms with Gasteiger partial charge in [-0.1, -0.05) is 49.7 Å². The van der Waals surface area contributed by atoms with Gasteiger partial charge in [0.05, 0.1) is 10.6 Å². The summed E-state index contributed by atoms with van der Waals surface area (Å²) in [6, 6.07) is 12.8. The molecule has 0 radical (unpaired) electrons. The minimum Gasteiger partial charge on any atom is -0.355 e. The molecule has 2 amide bonds. The highest BCUT2D eigenvalue weighted by molar-refractivity contribution is 6.34.